The van der Waals surface area contributed by atoms with Crippen molar-refractivity contribution in [2.75, 3.05) is 33.4 Å². The molecule has 0 aliphatic carbocycles. The van der Waals surface area contributed by atoms with Gasteiger partial charge in [0.25, 0.3) is 0 Å². The maximum atomic E-state index is 12.8. The summed E-state index contributed by atoms with van der Waals surface area (Å²) in [6, 6.07) is 5.26. The molecule has 0 N–H and O–H groups in total. The summed E-state index contributed by atoms with van der Waals surface area (Å²) in [5.41, 5.74) is 0.127. The highest BCUT2D eigenvalue weighted by Crippen LogP contribution is 2.25. The number of sulfonamides is 1. The third-order valence-electron chi connectivity index (χ3n) is 4.49. The number of aryl methyl sites for hydroxylation is 1. The highest BCUT2D eigenvalue weighted by Gasteiger charge is 2.28. The molecular weight excluding hydrogens is 438 g/mol. The van der Waals surface area contributed by atoms with Crippen molar-refractivity contribution in [1.29, 1.82) is 0 Å². The smallest absolute Gasteiger partial charge is 0.341 e. The van der Waals surface area contributed by atoms with Crippen LogP contribution in [0.2, 0.25) is 5.02 Å². The minimum atomic E-state index is -3.80. The molecule has 0 radical (unpaired) electrons. The normalized spacial score (nSPS) is 15.0. The molecule has 3 rings (SSSR count). The van der Waals surface area contributed by atoms with Gasteiger partial charge in [0, 0.05) is 13.1 Å². The maximum Gasteiger partial charge on any atom is 0.341 e. The van der Waals surface area contributed by atoms with Gasteiger partial charge in [0.2, 0.25) is 10.0 Å². The first-order valence-corrected chi connectivity index (χ1v) is 10.8. The summed E-state index contributed by atoms with van der Waals surface area (Å²) < 4.78 is 47.3. The fourth-order valence-electron chi connectivity index (χ4n) is 2.90. The molecule has 162 valence electrons. The first-order chi connectivity index (χ1) is 14.2. The van der Waals surface area contributed by atoms with E-state index >= 15 is 0 Å². The molecule has 1 fully saturated rings. The van der Waals surface area contributed by atoms with Gasteiger partial charge in [0.05, 0.1) is 35.8 Å². The number of carbonyl (C=O) groups excluding carboxylic acids is 2. The molecule has 1 aliphatic rings. The van der Waals surface area contributed by atoms with E-state index in [0.717, 1.165) is 0 Å². The van der Waals surface area contributed by atoms with Crippen molar-refractivity contribution >= 4 is 33.6 Å². The summed E-state index contributed by atoms with van der Waals surface area (Å²) in [7, 11) is -2.56. The van der Waals surface area contributed by atoms with Gasteiger partial charge in [-0.1, -0.05) is 11.6 Å². The van der Waals surface area contributed by atoms with Crippen LogP contribution in [0, 0.1) is 6.92 Å². The summed E-state index contributed by atoms with van der Waals surface area (Å²) in [6.07, 6.45) is 0. The molecular formula is C19H20ClNO8S. The molecule has 0 atom stereocenters. The lowest BCUT2D eigenvalue weighted by atomic mass is 10.2. The van der Waals surface area contributed by atoms with Crippen LogP contribution < -0.4 is 0 Å². The lowest BCUT2D eigenvalue weighted by Gasteiger charge is -2.26. The highest BCUT2D eigenvalue weighted by molar-refractivity contribution is 7.89. The Bertz CT molecular complexity index is 1060. The molecule has 9 nitrogen and oxygen atoms in total. The zero-order chi connectivity index (χ0) is 21.9. The molecule has 0 amide bonds. The zero-order valence-electron chi connectivity index (χ0n) is 16.3. The van der Waals surface area contributed by atoms with E-state index in [-0.39, 0.29) is 46.5 Å². The van der Waals surface area contributed by atoms with E-state index in [1.807, 2.05) is 0 Å². The molecule has 2 aromatic rings. The lowest BCUT2D eigenvalue weighted by Crippen LogP contribution is -2.40. The van der Waals surface area contributed by atoms with Gasteiger partial charge >= 0.3 is 11.9 Å². The minimum Gasteiger partial charge on any atom is -0.465 e. The van der Waals surface area contributed by atoms with E-state index < -0.39 is 22.0 Å². The van der Waals surface area contributed by atoms with Gasteiger partial charge in [-0.3, -0.25) is 0 Å². The Kier molecular flexibility index (Phi) is 6.81. The average Bonchev–Trinajstić information content (AvgIpc) is 3.12. The van der Waals surface area contributed by atoms with E-state index in [4.69, 9.17) is 25.5 Å². The number of furan rings is 1. The van der Waals surface area contributed by atoms with Gasteiger partial charge in [-0.05, 0) is 31.2 Å². The van der Waals surface area contributed by atoms with Crippen LogP contribution in [0.15, 0.2) is 33.6 Å². The van der Waals surface area contributed by atoms with E-state index in [1.54, 1.807) is 6.92 Å². The van der Waals surface area contributed by atoms with Crippen LogP contribution in [0.4, 0.5) is 0 Å². The third-order valence-corrected chi connectivity index (χ3v) is 6.71. The SMILES string of the molecule is COC(=O)c1cc(COC(=O)c2cc(S(=O)(=O)N3CCOCC3)ccc2Cl)oc1C. The zero-order valence-corrected chi connectivity index (χ0v) is 17.9. The fourth-order valence-corrected chi connectivity index (χ4v) is 4.53. The molecule has 1 aromatic heterocycles. The summed E-state index contributed by atoms with van der Waals surface area (Å²) in [5, 5.41) is 0.0480. The standard InChI is InChI=1S/C19H20ClNO8S/c1-12-15(18(22)26-2)9-13(29-12)11-28-19(23)16-10-14(3-4-17(16)20)30(24,25)21-5-7-27-8-6-21/h3-4,9-10H,5-8,11H2,1-2H3. The quantitative estimate of drug-likeness (QED) is 0.608. The van der Waals surface area contributed by atoms with Crippen molar-refractivity contribution in [2.24, 2.45) is 0 Å². The number of methoxy groups -OCH3 is 1. The number of morpholine rings is 1. The van der Waals surface area contributed by atoms with Crippen molar-refractivity contribution < 1.29 is 36.6 Å². The number of hydrogen-bond acceptors (Lipinski definition) is 8. The highest BCUT2D eigenvalue weighted by atomic mass is 35.5. The Morgan fingerprint density at radius 1 is 1.13 bits per heavy atom. The molecule has 0 bridgehead atoms. The first kappa shape index (κ1) is 22.3. The van der Waals surface area contributed by atoms with Gasteiger partial charge in [-0.15, -0.1) is 0 Å². The molecule has 1 saturated heterocycles. The Labute approximate surface area is 178 Å². The van der Waals surface area contributed by atoms with Crippen LogP contribution >= 0.6 is 11.6 Å². The number of rotatable bonds is 6. The second-order valence-corrected chi connectivity index (χ2v) is 8.75. The van der Waals surface area contributed by atoms with Gasteiger partial charge in [-0.2, -0.15) is 4.31 Å². The second kappa shape index (κ2) is 9.17. The number of halogens is 1. The Morgan fingerprint density at radius 2 is 1.83 bits per heavy atom. The second-order valence-electron chi connectivity index (χ2n) is 6.41. The Morgan fingerprint density at radius 3 is 2.50 bits per heavy atom. The average molecular weight is 458 g/mol. The fraction of sp³-hybridized carbons (Fsp3) is 0.368. The molecule has 1 aliphatic heterocycles. The van der Waals surface area contributed by atoms with Crippen LogP contribution in [0.1, 0.15) is 32.2 Å². The predicted octanol–water partition coefficient (Wildman–Crippen LogP) is 2.41. The number of ether oxygens (including phenoxy) is 3. The van der Waals surface area contributed by atoms with E-state index in [0.29, 0.717) is 19.0 Å². The van der Waals surface area contributed by atoms with Gasteiger partial charge in [-0.25, -0.2) is 18.0 Å². The van der Waals surface area contributed by atoms with Gasteiger partial charge in [0.1, 0.15) is 23.7 Å². The predicted molar refractivity (Wildman–Crippen MR) is 105 cm³/mol. The molecule has 1 aromatic carbocycles. The topological polar surface area (TPSA) is 112 Å². The van der Waals surface area contributed by atoms with Crippen LogP contribution in [-0.4, -0.2) is 58.1 Å². The van der Waals surface area contributed by atoms with Crippen LogP contribution in [0.5, 0.6) is 0 Å². The number of hydrogen-bond donors (Lipinski definition) is 0. The first-order valence-electron chi connectivity index (χ1n) is 8.96. The number of nitrogens with zero attached hydrogens (tertiary/aromatic N) is 1. The van der Waals surface area contributed by atoms with Crippen molar-refractivity contribution in [3.63, 3.8) is 0 Å². The van der Waals surface area contributed by atoms with Gasteiger partial charge in [0.15, 0.2) is 0 Å². The molecule has 2 heterocycles. The molecule has 30 heavy (non-hydrogen) atoms. The summed E-state index contributed by atoms with van der Waals surface area (Å²) in [6.45, 7) is 2.37. The monoisotopic (exact) mass is 457 g/mol. The van der Waals surface area contributed by atoms with Crippen molar-refractivity contribution in [2.45, 2.75) is 18.4 Å². The van der Waals surface area contributed by atoms with Crippen LogP contribution in [0.25, 0.3) is 0 Å². The molecule has 0 spiro atoms. The number of benzene rings is 1. The van der Waals surface area contributed by atoms with Crippen LogP contribution in [-0.2, 0) is 30.8 Å². The number of carbonyl (C=O) groups is 2. The molecule has 11 heteroatoms. The van der Waals surface area contributed by atoms with E-state index in [9.17, 15) is 18.0 Å². The van der Waals surface area contributed by atoms with Gasteiger partial charge < -0.3 is 18.6 Å². The van der Waals surface area contributed by atoms with E-state index in [1.165, 1.54) is 35.7 Å². The molecule has 0 unspecified atom stereocenters. The Balaban J connectivity index is 1.76. The number of esters is 2. The minimum absolute atomic E-state index is 0.0480. The van der Waals surface area contributed by atoms with Crippen molar-refractivity contribution in [3.8, 4) is 0 Å². The largest absolute Gasteiger partial charge is 0.465 e. The summed E-state index contributed by atoms with van der Waals surface area (Å²) in [5.74, 6) is -0.843. The van der Waals surface area contributed by atoms with Crippen molar-refractivity contribution in [3.05, 3.63) is 51.9 Å². The van der Waals surface area contributed by atoms with E-state index in [2.05, 4.69) is 4.74 Å². The van der Waals surface area contributed by atoms with Crippen LogP contribution in [0.3, 0.4) is 0 Å². The lowest BCUT2D eigenvalue weighted by molar-refractivity contribution is 0.0443. The maximum absolute atomic E-state index is 12.8. The third kappa shape index (κ3) is 4.67. The Hall–Kier alpha value is -2.40. The summed E-state index contributed by atoms with van der Waals surface area (Å²) >= 11 is 6.08. The molecule has 0 saturated carbocycles. The summed E-state index contributed by atoms with van der Waals surface area (Å²) in [4.78, 5) is 24.1. The van der Waals surface area contributed by atoms with Crippen molar-refractivity contribution in [1.82, 2.24) is 4.31 Å².